The molecule has 0 spiro atoms. The lowest BCUT2D eigenvalue weighted by molar-refractivity contribution is 0.626. The summed E-state index contributed by atoms with van der Waals surface area (Å²) in [6.45, 7) is 6.53. The lowest BCUT2D eigenvalue weighted by Gasteiger charge is -2.28. The van der Waals surface area contributed by atoms with Crippen molar-refractivity contribution in [3.63, 3.8) is 0 Å². The molecule has 1 unspecified atom stereocenters. The van der Waals surface area contributed by atoms with Gasteiger partial charge in [0.1, 0.15) is 0 Å². The second kappa shape index (κ2) is 4.31. The van der Waals surface area contributed by atoms with Crippen LogP contribution >= 0.6 is 11.6 Å². The summed E-state index contributed by atoms with van der Waals surface area (Å²) in [5.41, 5.74) is 2.43. The highest BCUT2D eigenvalue weighted by molar-refractivity contribution is 6.31. The molecule has 1 aromatic rings. The average molecular weight is 225 g/mol. The van der Waals surface area contributed by atoms with Gasteiger partial charge in [0.25, 0.3) is 0 Å². The molecule has 1 aliphatic heterocycles. The molecule has 0 saturated carbocycles. The fourth-order valence-electron chi connectivity index (χ4n) is 2.19. The number of hydrogen-bond acceptors (Lipinski definition) is 2. The van der Waals surface area contributed by atoms with Crippen LogP contribution in [-0.4, -0.2) is 19.1 Å². The fraction of sp³-hybridized carbons (Fsp3) is 0.500. The zero-order valence-electron chi connectivity index (χ0n) is 9.26. The van der Waals surface area contributed by atoms with Gasteiger partial charge >= 0.3 is 0 Å². The molecule has 1 heterocycles. The Labute approximate surface area is 96.2 Å². The van der Waals surface area contributed by atoms with Crippen molar-refractivity contribution in [3.05, 3.63) is 23.2 Å². The third-order valence-corrected chi connectivity index (χ3v) is 3.25. The molecule has 0 bridgehead atoms. The minimum Gasteiger partial charge on any atom is -0.383 e. The standard InChI is InChI=1S/C12H17ClN2/c1-3-15-9(2)6-7-14-11-8-10(13)4-5-12(11)15/h4-5,8-9,14H,3,6-7H2,1-2H3. The van der Waals surface area contributed by atoms with Crippen LogP contribution < -0.4 is 10.2 Å². The number of rotatable bonds is 1. The van der Waals surface area contributed by atoms with Crippen molar-refractivity contribution in [1.29, 1.82) is 0 Å². The molecule has 0 saturated heterocycles. The van der Waals surface area contributed by atoms with Crippen LogP contribution in [0.4, 0.5) is 11.4 Å². The molecule has 3 heteroatoms. The second-order valence-corrected chi connectivity index (χ2v) is 4.45. The summed E-state index contributed by atoms with van der Waals surface area (Å²) in [6.07, 6.45) is 1.17. The maximum Gasteiger partial charge on any atom is 0.0605 e. The Kier molecular flexibility index (Phi) is 3.06. The second-order valence-electron chi connectivity index (χ2n) is 4.01. The van der Waals surface area contributed by atoms with E-state index in [4.69, 9.17) is 11.6 Å². The zero-order valence-corrected chi connectivity index (χ0v) is 10.0. The van der Waals surface area contributed by atoms with Gasteiger partial charge in [0.2, 0.25) is 0 Å². The van der Waals surface area contributed by atoms with Crippen LogP contribution in [0, 0.1) is 0 Å². The van der Waals surface area contributed by atoms with Crippen LogP contribution in [0.25, 0.3) is 0 Å². The highest BCUT2D eigenvalue weighted by atomic mass is 35.5. The van der Waals surface area contributed by atoms with Gasteiger partial charge in [0.15, 0.2) is 0 Å². The number of benzene rings is 1. The molecule has 0 fully saturated rings. The first-order valence-corrected chi connectivity index (χ1v) is 5.90. The van der Waals surface area contributed by atoms with E-state index in [-0.39, 0.29) is 0 Å². The van der Waals surface area contributed by atoms with E-state index < -0.39 is 0 Å². The van der Waals surface area contributed by atoms with Gasteiger partial charge in [-0.3, -0.25) is 0 Å². The molecular formula is C12H17ClN2. The minimum atomic E-state index is 0.588. The largest absolute Gasteiger partial charge is 0.383 e. The van der Waals surface area contributed by atoms with Crippen LogP contribution in [0.3, 0.4) is 0 Å². The van der Waals surface area contributed by atoms with Gasteiger partial charge in [-0.05, 0) is 38.5 Å². The quantitative estimate of drug-likeness (QED) is 0.787. The van der Waals surface area contributed by atoms with Gasteiger partial charge in [0.05, 0.1) is 11.4 Å². The predicted octanol–water partition coefficient (Wildman–Crippen LogP) is 3.37. The molecule has 0 amide bonds. The van der Waals surface area contributed by atoms with Gasteiger partial charge in [-0.25, -0.2) is 0 Å². The first-order chi connectivity index (χ1) is 7.22. The summed E-state index contributed by atoms with van der Waals surface area (Å²) < 4.78 is 0. The smallest absolute Gasteiger partial charge is 0.0605 e. The van der Waals surface area contributed by atoms with Crippen molar-refractivity contribution < 1.29 is 0 Å². The molecule has 2 rings (SSSR count). The maximum atomic E-state index is 6.00. The highest BCUT2D eigenvalue weighted by Crippen LogP contribution is 2.32. The summed E-state index contributed by atoms with van der Waals surface area (Å²) in [7, 11) is 0. The minimum absolute atomic E-state index is 0.588. The summed E-state index contributed by atoms with van der Waals surface area (Å²) in [4.78, 5) is 2.42. The highest BCUT2D eigenvalue weighted by Gasteiger charge is 2.19. The van der Waals surface area contributed by atoms with E-state index >= 15 is 0 Å². The number of halogens is 1. The molecule has 2 nitrogen and oxygen atoms in total. The first kappa shape index (κ1) is 10.6. The Morgan fingerprint density at radius 1 is 1.53 bits per heavy atom. The SMILES string of the molecule is CCN1c2ccc(Cl)cc2NCCC1C. The van der Waals surface area contributed by atoms with Gasteiger partial charge in [-0.15, -0.1) is 0 Å². The van der Waals surface area contributed by atoms with Crippen LogP contribution in [0.2, 0.25) is 5.02 Å². The predicted molar refractivity (Wildman–Crippen MR) is 67.0 cm³/mol. The summed E-state index contributed by atoms with van der Waals surface area (Å²) in [5.74, 6) is 0. The third-order valence-electron chi connectivity index (χ3n) is 3.02. The number of fused-ring (bicyclic) bond motifs is 1. The van der Waals surface area contributed by atoms with E-state index in [0.717, 1.165) is 23.8 Å². The van der Waals surface area contributed by atoms with Crippen molar-refractivity contribution in [2.24, 2.45) is 0 Å². The van der Waals surface area contributed by atoms with Crippen molar-refractivity contribution in [2.75, 3.05) is 23.3 Å². The number of nitrogens with zero attached hydrogens (tertiary/aromatic N) is 1. The zero-order chi connectivity index (χ0) is 10.8. The van der Waals surface area contributed by atoms with Gasteiger partial charge in [-0.2, -0.15) is 0 Å². The lowest BCUT2D eigenvalue weighted by Crippen LogP contribution is -2.32. The fourth-order valence-corrected chi connectivity index (χ4v) is 2.36. The molecule has 1 N–H and O–H groups in total. The normalized spacial score (nSPS) is 20.5. The monoisotopic (exact) mass is 224 g/mol. The molecule has 1 aromatic carbocycles. The van der Waals surface area contributed by atoms with E-state index in [1.54, 1.807) is 0 Å². The van der Waals surface area contributed by atoms with Crippen molar-refractivity contribution >= 4 is 23.0 Å². The third kappa shape index (κ3) is 2.05. The number of hydrogen-bond donors (Lipinski definition) is 1. The molecule has 1 aliphatic rings. The van der Waals surface area contributed by atoms with Crippen molar-refractivity contribution in [1.82, 2.24) is 0 Å². The van der Waals surface area contributed by atoms with Crippen molar-refractivity contribution in [3.8, 4) is 0 Å². The van der Waals surface area contributed by atoms with E-state index in [9.17, 15) is 0 Å². The first-order valence-electron chi connectivity index (χ1n) is 5.52. The summed E-state index contributed by atoms with van der Waals surface area (Å²) in [5, 5.41) is 4.23. The average Bonchev–Trinajstić information content (AvgIpc) is 2.36. The molecule has 0 aliphatic carbocycles. The lowest BCUT2D eigenvalue weighted by atomic mass is 10.2. The number of anilines is 2. The van der Waals surface area contributed by atoms with Gasteiger partial charge in [-0.1, -0.05) is 11.6 Å². The van der Waals surface area contributed by atoms with Crippen LogP contribution in [0.5, 0.6) is 0 Å². The van der Waals surface area contributed by atoms with E-state index in [1.807, 2.05) is 12.1 Å². The topological polar surface area (TPSA) is 15.3 Å². The maximum absolute atomic E-state index is 6.00. The van der Waals surface area contributed by atoms with E-state index in [1.165, 1.54) is 12.1 Å². The van der Waals surface area contributed by atoms with E-state index in [0.29, 0.717) is 6.04 Å². The number of nitrogens with one attached hydrogen (secondary N) is 1. The molecular weight excluding hydrogens is 208 g/mol. The Morgan fingerprint density at radius 3 is 3.07 bits per heavy atom. The Balaban J connectivity index is 2.43. The summed E-state index contributed by atoms with van der Waals surface area (Å²) >= 11 is 6.00. The Hall–Kier alpha value is -0.890. The van der Waals surface area contributed by atoms with Gasteiger partial charge < -0.3 is 10.2 Å². The molecule has 1 atom stereocenters. The molecule has 15 heavy (non-hydrogen) atoms. The molecule has 0 radical (unpaired) electrons. The molecule has 0 aromatic heterocycles. The molecule has 82 valence electrons. The van der Waals surface area contributed by atoms with Crippen LogP contribution in [0.1, 0.15) is 20.3 Å². The Bertz CT molecular complexity index is 351. The van der Waals surface area contributed by atoms with Gasteiger partial charge in [0, 0.05) is 24.2 Å². The van der Waals surface area contributed by atoms with Crippen LogP contribution in [0.15, 0.2) is 18.2 Å². The van der Waals surface area contributed by atoms with Crippen molar-refractivity contribution in [2.45, 2.75) is 26.3 Å². The van der Waals surface area contributed by atoms with E-state index in [2.05, 4.69) is 30.1 Å². The Morgan fingerprint density at radius 2 is 2.33 bits per heavy atom. The van der Waals surface area contributed by atoms with Crippen LogP contribution in [-0.2, 0) is 0 Å². The summed E-state index contributed by atoms with van der Waals surface area (Å²) in [6, 6.07) is 6.67.